The van der Waals surface area contributed by atoms with Gasteiger partial charge in [0.25, 0.3) is 0 Å². The summed E-state index contributed by atoms with van der Waals surface area (Å²) in [4.78, 5) is 37.1. The smallest absolute Gasteiger partial charge is 0.341 e. The van der Waals surface area contributed by atoms with E-state index in [1.807, 2.05) is 0 Å². The fraction of sp³-hybridized carbons (Fsp3) is 0.562. The lowest BCUT2D eigenvalue weighted by molar-refractivity contribution is -0.122. The van der Waals surface area contributed by atoms with Crippen LogP contribution in [0.5, 0.6) is 0 Å². The molecular formula is C16H20N2O4S. The van der Waals surface area contributed by atoms with Crippen molar-refractivity contribution < 1.29 is 19.1 Å². The van der Waals surface area contributed by atoms with Gasteiger partial charge < -0.3 is 15.4 Å². The van der Waals surface area contributed by atoms with E-state index in [1.54, 1.807) is 6.92 Å². The van der Waals surface area contributed by atoms with Crippen molar-refractivity contribution >= 4 is 34.1 Å². The number of ether oxygens (including phenoxy) is 1. The van der Waals surface area contributed by atoms with Crippen molar-refractivity contribution in [3.05, 3.63) is 16.0 Å². The topological polar surface area (TPSA) is 84.5 Å². The number of amides is 2. The van der Waals surface area contributed by atoms with E-state index in [2.05, 4.69) is 10.6 Å². The Morgan fingerprint density at radius 2 is 2.09 bits per heavy atom. The average molecular weight is 336 g/mol. The first-order valence-corrected chi connectivity index (χ1v) is 8.83. The molecule has 23 heavy (non-hydrogen) atoms. The van der Waals surface area contributed by atoms with Gasteiger partial charge in [-0.25, -0.2) is 4.79 Å². The van der Waals surface area contributed by atoms with Crippen LogP contribution in [-0.4, -0.2) is 30.4 Å². The van der Waals surface area contributed by atoms with Gasteiger partial charge in [0.2, 0.25) is 11.8 Å². The van der Waals surface area contributed by atoms with Crippen LogP contribution in [0.25, 0.3) is 0 Å². The van der Waals surface area contributed by atoms with E-state index in [0.717, 1.165) is 36.1 Å². The van der Waals surface area contributed by atoms with Crippen LogP contribution in [0.2, 0.25) is 0 Å². The zero-order valence-electron chi connectivity index (χ0n) is 13.1. The van der Waals surface area contributed by atoms with Crippen molar-refractivity contribution in [2.75, 3.05) is 11.9 Å². The molecule has 0 aromatic carbocycles. The predicted molar refractivity (Wildman–Crippen MR) is 86.7 cm³/mol. The Morgan fingerprint density at radius 1 is 1.30 bits per heavy atom. The van der Waals surface area contributed by atoms with E-state index in [1.165, 1.54) is 11.3 Å². The summed E-state index contributed by atoms with van der Waals surface area (Å²) in [5.74, 6) is -0.751. The van der Waals surface area contributed by atoms with Crippen molar-refractivity contribution in [2.45, 2.75) is 51.5 Å². The molecule has 1 aromatic heterocycles. The molecule has 1 atom stereocenters. The van der Waals surface area contributed by atoms with Crippen molar-refractivity contribution in [2.24, 2.45) is 0 Å². The molecule has 1 aliphatic carbocycles. The Bertz CT molecular complexity index is 653. The van der Waals surface area contributed by atoms with Crippen LogP contribution >= 0.6 is 11.3 Å². The fourth-order valence-corrected chi connectivity index (χ4v) is 4.36. The molecule has 124 valence electrons. The largest absolute Gasteiger partial charge is 0.462 e. The van der Waals surface area contributed by atoms with E-state index >= 15 is 0 Å². The van der Waals surface area contributed by atoms with E-state index in [9.17, 15) is 14.4 Å². The third kappa shape index (κ3) is 3.24. The number of carbonyl (C=O) groups excluding carboxylic acids is 3. The van der Waals surface area contributed by atoms with Crippen molar-refractivity contribution in [1.29, 1.82) is 0 Å². The third-order valence-corrected chi connectivity index (χ3v) is 5.41. The number of aryl methyl sites for hydroxylation is 1. The van der Waals surface area contributed by atoms with Crippen LogP contribution in [0, 0.1) is 0 Å². The summed E-state index contributed by atoms with van der Waals surface area (Å²) < 4.78 is 5.16. The van der Waals surface area contributed by atoms with Crippen molar-refractivity contribution in [3.63, 3.8) is 0 Å². The Morgan fingerprint density at radius 3 is 2.78 bits per heavy atom. The summed E-state index contributed by atoms with van der Waals surface area (Å²) in [6.07, 6.45) is 4.77. The molecule has 7 heteroatoms. The van der Waals surface area contributed by atoms with Gasteiger partial charge in [0, 0.05) is 11.3 Å². The lowest BCUT2D eigenvalue weighted by atomic mass is 9.95. The quantitative estimate of drug-likeness (QED) is 0.824. The number of rotatable bonds is 4. The standard InChI is InChI=1S/C16H20N2O4S/c1-2-22-16(21)13-9-5-3-4-6-11(9)23-15(13)18-14(20)10-7-8-12(19)17-10/h10H,2-8H2,1H3,(H,17,19)(H,18,20). The molecule has 2 N–H and O–H groups in total. The molecule has 0 saturated carbocycles. The zero-order chi connectivity index (χ0) is 16.4. The lowest BCUT2D eigenvalue weighted by Crippen LogP contribution is -2.37. The van der Waals surface area contributed by atoms with Gasteiger partial charge in [0.15, 0.2) is 0 Å². The Balaban J connectivity index is 1.85. The molecule has 1 aromatic rings. The number of carbonyl (C=O) groups is 3. The first-order chi connectivity index (χ1) is 11.1. The highest BCUT2D eigenvalue weighted by molar-refractivity contribution is 7.17. The molecule has 2 amide bonds. The second-order valence-corrected chi connectivity index (χ2v) is 6.89. The van der Waals surface area contributed by atoms with Crippen LogP contribution in [0.3, 0.4) is 0 Å². The SMILES string of the molecule is CCOC(=O)c1c(NC(=O)C2CCC(=O)N2)sc2c1CCCC2. The number of anilines is 1. The molecule has 0 spiro atoms. The maximum atomic E-state index is 12.3. The maximum absolute atomic E-state index is 12.3. The molecule has 0 radical (unpaired) electrons. The zero-order valence-corrected chi connectivity index (χ0v) is 13.9. The van der Waals surface area contributed by atoms with Crippen molar-refractivity contribution in [1.82, 2.24) is 5.32 Å². The summed E-state index contributed by atoms with van der Waals surface area (Å²) in [5, 5.41) is 6.04. The molecule has 1 fully saturated rings. The summed E-state index contributed by atoms with van der Waals surface area (Å²) in [5.41, 5.74) is 1.52. The fourth-order valence-electron chi connectivity index (χ4n) is 3.08. The van der Waals surface area contributed by atoms with Crippen LogP contribution in [0.1, 0.15) is 53.4 Å². The molecule has 3 rings (SSSR count). The Hall–Kier alpha value is -1.89. The van der Waals surface area contributed by atoms with Crippen LogP contribution in [-0.2, 0) is 27.2 Å². The van der Waals surface area contributed by atoms with Crippen LogP contribution in [0.4, 0.5) is 5.00 Å². The predicted octanol–water partition coefficient (Wildman–Crippen LogP) is 2.02. The molecule has 6 nitrogen and oxygen atoms in total. The first kappa shape index (κ1) is 16.0. The number of esters is 1. The summed E-state index contributed by atoms with van der Waals surface area (Å²) in [6.45, 7) is 2.07. The monoisotopic (exact) mass is 336 g/mol. The minimum absolute atomic E-state index is 0.110. The third-order valence-electron chi connectivity index (χ3n) is 4.20. The number of hydrogen-bond donors (Lipinski definition) is 2. The molecule has 1 saturated heterocycles. The van der Waals surface area contributed by atoms with Gasteiger partial charge >= 0.3 is 5.97 Å². The van der Waals surface area contributed by atoms with E-state index in [4.69, 9.17) is 4.74 Å². The lowest BCUT2D eigenvalue weighted by Gasteiger charge is -2.13. The van der Waals surface area contributed by atoms with Gasteiger partial charge in [-0.05, 0) is 44.6 Å². The molecule has 0 bridgehead atoms. The highest BCUT2D eigenvalue weighted by Crippen LogP contribution is 2.38. The number of nitrogens with one attached hydrogen (secondary N) is 2. The molecule has 1 unspecified atom stereocenters. The minimum Gasteiger partial charge on any atom is -0.462 e. The highest BCUT2D eigenvalue weighted by Gasteiger charge is 2.31. The first-order valence-electron chi connectivity index (χ1n) is 8.02. The van der Waals surface area contributed by atoms with E-state index in [0.29, 0.717) is 30.0 Å². The van der Waals surface area contributed by atoms with Gasteiger partial charge in [0.1, 0.15) is 11.0 Å². The normalized spacial score (nSPS) is 19.9. The molecule has 2 aliphatic rings. The number of hydrogen-bond acceptors (Lipinski definition) is 5. The average Bonchev–Trinajstić information content (AvgIpc) is 3.10. The maximum Gasteiger partial charge on any atom is 0.341 e. The van der Waals surface area contributed by atoms with Gasteiger partial charge in [-0.3, -0.25) is 9.59 Å². The van der Waals surface area contributed by atoms with E-state index in [-0.39, 0.29) is 17.8 Å². The second-order valence-electron chi connectivity index (χ2n) is 5.78. The summed E-state index contributed by atoms with van der Waals surface area (Å²) in [6, 6.07) is -0.517. The second kappa shape index (κ2) is 6.70. The highest BCUT2D eigenvalue weighted by atomic mass is 32.1. The van der Waals surface area contributed by atoms with Crippen LogP contribution < -0.4 is 10.6 Å². The van der Waals surface area contributed by atoms with E-state index < -0.39 is 6.04 Å². The Kier molecular flexibility index (Phi) is 4.66. The molecule has 2 heterocycles. The van der Waals surface area contributed by atoms with Gasteiger partial charge in [-0.15, -0.1) is 11.3 Å². The van der Waals surface area contributed by atoms with Gasteiger partial charge in [-0.1, -0.05) is 0 Å². The van der Waals surface area contributed by atoms with Gasteiger partial charge in [-0.2, -0.15) is 0 Å². The minimum atomic E-state index is -0.517. The molecule has 1 aliphatic heterocycles. The van der Waals surface area contributed by atoms with Crippen molar-refractivity contribution in [3.8, 4) is 0 Å². The number of fused-ring (bicyclic) bond motifs is 1. The Labute approximate surface area is 138 Å². The van der Waals surface area contributed by atoms with Gasteiger partial charge in [0.05, 0.1) is 12.2 Å². The number of thiophene rings is 1. The summed E-state index contributed by atoms with van der Waals surface area (Å²) in [7, 11) is 0. The summed E-state index contributed by atoms with van der Waals surface area (Å²) >= 11 is 1.46. The van der Waals surface area contributed by atoms with Crippen LogP contribution in [0.15, 0.2) is 0 Å². The molecular weight excluding hydrogens is 316 g/mol.